The van der Waals surface area contributed by atoms with Crippen LogP contribution in [0.3, 0.4) is 0 Å². The number of aliphatic hydroxyl groups excluding tert-OH is 1. The van der Waals surface area contributed by atoms with Crippen molar-refractivity contribution in [3.63, 3.8) is 0 Å². The molecular formula is C11H23NO3. The van der Waals surface area contributed by atoms with E-state index in [1.807, 2.05) is 13.8 Å². The first kappa shape index (κ1) is 12.9. The molecule has 0 spiro atoms. The highest BCUT2D eigenvalue weighted by Gasteiger charge is 2.15. The van der Waals surface area contributed by atoms with E-state index in [-0.39, 0.29) is 12.2 Å². The fraction of sp³-hybridized carbons (Fsp3) is 1.00. The second kappa shape index (κ2) is 7.17. The molecule has 1 aliphatic heterocycles. The second-order valence-electron chi connectivity index (χ2n) is 4.34. The van der Waals surface area contributed by atoms with Crippen molar-refractivity contribution < 1.29 is 14.6 Å². The minimum Gasteiger partial charge on any atom is -0.388 e. The summed E-state index contributed by atoms with van der Waals surface area (Å²) in [5.41, 5.74) is 0. The maximum Gasteiger partial charge on any atom is 0.101 e. The smallest absolute Gasteiger partial charge is 0.101 e. The minimum absolute atomic E-state index is 0.163. The lowest BCUT2D eigenvalue weighted by Gasteiger charge is -2.24. The minimum atomic E-state index is -0.505. The largest absolute Gasteiger partial charge is 0.388 e. The summed E-state index contributed by atoms with van der Waals surface area (Å²) in [7, 11) is 0. The van der Waals surface area contributed by atoms with E-state index >= 15 is 0 Å². The third kappa shape index (κ3) is 6.10. The summed E-state index contributed by atoms with van der Waals surface area (Å²) in [5.74, 6) is 0. The molecule has 1 saturated heterocycles. The van der Waals surface area contributed by atoms with Crippen LogP contribution in [0.25, 0.3) is 0 Å². The lowest BCUT2D eigenvalue weighted by atomic mass is 10.1. The first-order valence-electron chi connectivity index (χ1n) is 5.80. The van der Waals surface area contributed by atoms with Crippen LogP contribution in [0.5, 0.6) is 0 Å². The van der Waals surface area contributed by atoms with Crippen molar-refractivity contribution >= 4 is 0 Å². The molecule has 2 N–H and O–H groups in total. The van der Waals surface area contributed by atoms with Gasteiger partial charge >= 0.3 is 0 Å². The molecule has 1 heterocycles. The van der Waals surface area contributed by atoms with E-state index in [0.717, 1.165) is 25.9 Å². The van der Waals surface area contributed by atoms with Crippen molar-refractivity contribution in [3.05, 3.63) is 0 Å². The number of piperidine rings is 1. The fourth-order valence-corrected chi connectivity index (χ4v) is 1.56. The molecule has 0 saturated carbocycles. The summed E-state index contributed by atoms with van der Waals surface area (Å²) in [6.07, 6.45) is 2.16. The summed E-state index contributed by atoms with van der Waals surface area (Å²) < 4.78 is 10.9. The zero-order chi connectivity index (χ0) is 11.1. The third-order valence-corrected chi connectivity index (χ3v) is 2.40. The molecule has 0 aromatic carbocycles. The van der Waals surface area contributed by atoms with Crippen molar-refractivity contribution in [3.8, 4) is 0 Å². The van der Waals surface area contributed by atoms with Gasteiger partial charge < -0.3 is 19.9 Å². The molecule has 0 bridgehead atoms. The van der Waals surface area contributed by atoms with Crippen LogP contribution >= 0.6 is 0 Å². The molecule has 4 heteroatoms. The second-order valence-corrected chi connectivity index (χ2v) is 4.34. The number of aliphatic hydroxyl groups is 1. The first-order valence-corrected chi connectivity index (χ1v) is 5.80. The highest BCUT2D eigenvalue weighted by molar-refractivity contribution is 4.69. The molecule has 1 fully saturated rings. The Bertz CT molecular complexity index is 158. The Morgan fingerprint density at radius 3 is 2.80 bits per heavy atom. The van der Waals surface area contributed by atoms with Gasteiger partial charge in [0.05, 0.1) is 25.4 Å². The maximum atomic E-state index is 9.56. The lowest BCUT2D eigenvalue weighted by molar-refractivity contribution is -0.0594. The van der Waals surface area contributed by atoms with Gasteiger partial charge in [0, 0.05) is 6.54 Å². The highest BCUT2D eigenvalue weighted by atomic mass is 16.5. The van der Waals surface area contributed by atoms with Crippen LogP contribution < -0.4 is 5.32 Å². The van der Waals surface area contributed by atoms with E-state index in [1.165, 1.54) is 0 Å². The molecule has 0 amide bonds. The number of rotatable bonds is 6. The summed E-state index contributed by atoms with van der Waals surface area (Å²) in [6, 6.07) is 0. The molecule has 90 valence electrons. The Balaban J connectivity index is 2.02. The third-order valence-electron chi connectivity index (χ3n) is 2.40. The summed E-state index contributed by atoms with van der Waals surface area (Å²) in [6.45, 7) is 6.63. The normalized spacial score (nSPS) is 24.4. The predicted molar refractivity (Wildman–Crippen MR) is 58.9 cm³/mol. The molecule has 0 aromatic heterocycles. The number of ether oxygens (including phenoxy) is 2. The molecule has 15 heavy (non-hydrogen) atoms. The van der Waals surface area contributed by atoms with Crippen molar-refractivity contribution in [1.82, 2.24) is 5.32 Å². The van der Waals surface area contributed by atoms with Gasteiger partial charge in [-0.1, -0.05) is 0 Å². The summed E-state index contributed by atoms with van der Waals surface area (Å²) >= 11 is 0. The summed E-state index contributed by atoms with van der Waals surface area (Å²) in [4.78, 5) is 0. The molecule has 0 aliphatic carbocycles. The van der Waals surface area contributed by atoms with Crippen LogP contribution in [-0.4, -0.2) is 49.7 Å². The monoisotopic (exact) mass is 217 g/mol. The number of hydrogen-bond acceptors (Lipinski definition) is 4. The van der Waals surface area contributed by atoms with Crippen LogP contribution in [0.2, 0.25) is 0 Å². The first-order chi connectivity index (χ1) is 7.18. The van der Waals surface area contributed by atoms with E-state index in [9.17, 15) is 5.11 Å². The highest BCUT2D eigenvalue weighted by Crippen LogP contribution is 2.06. The number of nitrogens with one attached hydrogen (secondary N) is 1. The van der Waals surface area contributed by atoms with Gasteiger partial charge in [-0.25, -0.2) is 0 Å². The Morgan fingerprint density at radius 1 is 1.40 bits per heavy atom. The van der Waals surface area contributed by atoms with Crippen molar-refractivity contribution in [2.24, 2.45) is 0 Å². The quantitative estimate of drug-likeness (QED) is 0.682. The van der Waals surface area contributed by atoms with E-state index in [0.29, 0.717) is 13.2 Å². The van der Waals surface area contributed by atoms with E-state index in [4.69, 9.17) is 9.47 Å². The van der Waals surface area contributed by atoms with Crippen molar-refractivity contribution in [2.75, 3.05) is 26.3 Å². The molecule has 0 radical (unpaired) electrons. The van der Waals surface area contributed by atoms with Crippen LogP contribution in [-0.2, 0) is 9.47 Å². The Kier molecular flexibility index (Phi) is 6.17. The van der Waals surface area contributed by atoms with Gasteiger partial charge in [0.25, 0.3) is 0 Å². The maximum absolute atomic E-state index is 9.56. The van der Waals surface area contributed by atoms with E-state index < -0.39 is 6.10 Å². The van der Waals surface area contributed by atoms with Crippen molar-refractivity contribution in [1.29, 1.82) is 0 Å². The van der Waals surface area contributed by atoms with Gasteiger partial charge in [-0.2, -0.15) is 0 Å². The van der Waals surface area contributed by atoms with E-state index in [1.54, 1.807) is 0 Å². The Hall–Kier alpha value is -0.160. The Labute approximate surface area is 92.0 Å². The van der Waals surface area contributed by atoms with Crippen molar-refractivity contribution in [2.45, 2.75) is 45.0 Å². The predicted octanol–water partition coefficient (Wildman–Crippen LogP) is 0.541. The standard InChI is InChI=1S/C11H23NO3/c1-9(2)14-7-10(13)8-15-11-4-3-5-12-6-11/h9-13H,3-8H2,1-2H3. The van der Waals surface area contributed by atoms with E-state index in [2.05, 4.69) is 5.32 Å². The van der Waals surface area contributed by atoms with Gasteiger partial charge in [-0.3, -0.25) is 0 Å². The van der Waals surface area contributed by atoms with Gasteiger partial charge in [-0.15, -0.1) is 0 Å². The molecule has 1 aliphatic rings. The Morgan fingerprint density at radius 2 is 2.20 bits per heavy atom. The van der Waals surface area contributed by atoms with Crippen LogP contribution in [0.4, 0.5) is 0 Å². The number of hydrogen-bond donors (Lipinski definition) is 2. The molecule has 0 aromatic rings. The molecule has 2 unspecified atom stereocenters. The zero-order valence-electron chi connectivity index (χ0n) is 9.74. The lowest BCUT2D eigenvalue weighted by Crippen LogP contribution is -2.37. The topological polar surface area (TPSA) is 50.7 Å². The van der Waals surface area contributed by atoms with Gasteiger partial charge in [0.15, 0.2) is 0 Å². The average Bonchev–Trinajstić information content (AvgIpc) is 2.25. The molecular weight excluding hydrogens is 194 g/mol. The van der Waals surface area contributed by atoms with Gasteiger partial charge in [-0.05, 0) is 33.2 Å². The van der Waals surface area contributed by atoms with Gasteiger partial charge in [0.2, 0.25) is 0 Å². The SMILES string of the molecule is CC(C)OCC(O)COC1CCCNC1. The van der Waals surface area contributed by atoms with Gasteiger partial charge in [0.1, 0.15) is 6.10 Å². The summed E-state index contributed by atoms with van der Waals surface area (Å²) in [5, 5.41) is 12.8. The molecule has 2 atom stereocenters. The molecule has 4 nitrogen and oxygen atoms in total. The fourth-order valence-electron chi connectivity index (χ4n) is 1.56. The average molecular weight is 217 g/mol. The zero-order valence-corrected chi connectivity index (χ0v) is 9.74. The molecule has 1 rings (SSSR count). The van der Waals surface area contributed by atoms with Crippen LogP contribution in [0.15, 0.2) is 0 Å². The van der Waals surface area contributed by atoms with Crippen LogP contribution in [0, 0.1) is 0 Å². The van der Waals surface area contributed by atoms with Crippen LogP contribution in [0.1, 0.15) is 26.7 Å².